The van der Waals surface area contributed by atoms with E-state index in [0.717, 1.165) is 30.1 Å². The number of hydrogen-bond donors (Lipinski definition) is 1. The van der Waals surface area contributed by atoms with Crippen LogP contribution in [-0.4, -0.2) is 22.4 Å². The highest BCUT2D eigenvalue weighted by Gasteiger charge is 2.24. The molecule has 2 heterocycles. The molecule has 0 aromatic carbocycles. The van der Waals surface area contributed by atoms with E-state index in [2.05, 4.69) is 21.2 Å². The van der Waals surface area contributed by atoms with Crippen LogP contribution in [0.5, 0.6) is 0 Å². The van der Waals surface area contributed by atoms with Crippen molar-refractivity contribution in [2.45, 2.75) is 26.2 Å². The molecule has 3 rings (SSSR count). The number of anilines is 2. The maximum Gasteiger partial charge on any atom is 0.147 e. The summed E-state index contributed by atoms with van der Waals surface area (Å²) < 4.78 is 4.37. The SMILES string of the molecule is CCN(CC1CCC1)c1snc(N)c1-c1ccncc1. The fourth-order valence-electron chi connectivity index (χ4n) is 2.64. The molecule has 2 aromatic rings. The lowest BCUT2D eigenvalue weighted by Crippen LogP contribution is -2.32. The van der Waals surface area contributed by atoms with Crippen LogP contribution in [0.1, 0.15) is 26.2 Å². The molecule has 0 spiro atoms. The second kappa shape index (κ2) is 5.79. The summed E-state index contributed by atoms with van der Waals surface area (Å²) in [5.74, 6) is 1.46. The van der Waals surface area contributed by atoms with E-state index in [4.69, 9.17) is 5.73 Å². The molecule has 20 heavy (non-hydrogen) atoms. The lowest BCUT2D eigenvalue weighted by Gasteiger charge is -2.32. The number of rotatable bonds is 5. The van der Waals surface area contributed by atoms with Crippen molar-refractivity contribution in [2.75, 3.05) is 23.7 Å². The summed E-state index contributed by atoms with van der Waals surface area (Å²) in [6.45, 7) is 4.32. The number of pyridine rings is 1. The standard InChI is InChI=1S/C15H20N4S/c1-2-19(10-11-4-3-5-11)15-13(14(16)18-20-15)12-6-8-17-9-7-12/h6-9,11H,2-5,10H2,1H3,(H2,16,18). The zero-order chi connectivity index (χ0) is 13.9. The molecule has 1 aliphatic rings. The lowest BCUT2D eigenvalue weighted by molar-refractivity contribution is 0.319. The zero-order valence-corrected chi connectivity index (χ0v) is 12.6. The van der Waals surface area contributed by atoms with E-state index in [1.54, 1.807) is 12.4 Å². The minimum atomic E-state index is 0.628. The average Bonchev–Trinajstić information content (AvgIpc) is 2.81. The predicted molar refractivity (Wildman–Crippen MR) is 85.0 cm³/mol. The molecule has 0 amide bonds. The summed E-state index contributed by atoms with van der Waals surface area (Å²) in [5, 5.41) is 1.20. The van der Waals surface area contributed by atoms with Crippen LogP contribution in [0.15, 0.2) is 24.5 Å². The third-order valence-corrected chi connectivity index (χ3v) is 4.96. The summed E-state index contributed by atoms with van der Waals surface area (Å²) in [5.41, 5.74) is 8.27. The van der Waals surface area contributed by atoms with Gasteiger partial charge in [0.2, 0.25) is 0 Å². The number of nitrogen functional groups attached to an aromatic ring is 1. The van der Waals surface area contributed by atoms with Gasteiger partial charge in [-0.2, -0.15) is 4.37 Å². The van der Waals surface area contributed by atoms with Gasteiger partial charge in [0.25, 0.3) is 0 Å². The van der Waals surface area contributed by atoms with Gasteiger partial charge in [-0.15, -0.1) is 0 Å². The van der Waals surface area contributed by atoms with E-state index in [0.29, 0.717) is 5.82 Å². The minimum absolute atomic E-state index is 0.628. The van der Waals surface area contributed by atoms with Gasteiger partial charge in [-0.25, -0.2) is 0 Å². The van der Waals surface area contributed by atoms with E-state index in [9.17, 15) is 0 Å². The quantitative estimate of drug-likeness (QED) is 0.916. The first-order chi connectivity index (χ1) is 9.79. The first-order valence-electron chi connectivity index (χ1n) is 7.20. The molecule has 0 bridgehead atoms. The van der Waals surface area contributed by atoms with Gasteiger partial charge in [0.05, 0.1) is 5.56 Å². The van der Waals surface area contributed by atoms with Gasteiger partial charge in [-0.1, -0.05) is 6.42 Å². The summed E-state index contributed by atoms with van der Waals surface area (Å²) in [7, 11) is 0. The Labute approximate surface area is 123 Å². The van der Waals surface area contributed by atoms with Crippen LogP contribution in [0.4, 0.5) is 10.8 Å². The Morgan fingerprint density at radius 1 is 1.35 bits per heavy atom. The monoisotopic (exact) mass is 288 g/mol. The van der Waals surface area contributed by atoms with Gasteiger partial charge in [-0.3, -0.25) is 4.98 Å². The fourth-order valence-corrected chi connectivity index (χ4v) is 3.55. The second-order valence-electron chi connectivity index (χ2n) is 5.32. The summed E-state index contributed by atoms with van der Waals surface area (Å²) >= 11 is 1.51. The van der Waals surface area contributed by atoms with Crippen molar-refractivity contribution in [1.82, 2.24) is 9.36 Å². The van der Waals surface area contributed by atoms with Crippen molar-refractivity contribution in [2.24, 2.45) is 5.92 Å². The molecule has 0 aliphatic heterocycles. The van der Waals surface area contributed by atoms with E-state index in [-0.39, 0.29) is 0 Å². The van der Waals surface area contributed by atoms with Crippen LogP contribution in [0.25, 0.3) is 11.1 Å². The molecular formula is C15H20N4S. The third kappa shape index (κ3) is 2.50. The highest BCUT2D eigenvalue weighted by Crippen LogP contribution is 2.40. The molecule has 5 heteroatoms. The molecule has 1 saturated carbocycles. The molecule has 0 saturated heterocycles. The molecule has 1 fully saturated rings. The van der Waals surface area contributed by atoms with Crippen LogP contribution < -0.4 is 10.6 Å². The van der Waals surface area contributed by atoms with Crippen LogP contribution in [0, 0.1) is 5.92 Å². The molecule has 0 radical (unpaired) electrons. The maximum atomic E-state index is 6.10. The lowest BCUT2D eigenvalue weighted by atomic mass is 9.85. The first-order valence-corrected chi connectivity index (χ1v) is 7.97. The largest absolute Gasteiger partial charge is 0.382 e. The highest BCUT2D eigenvalue weighted by atomic mass is 32.1. The molecule has 106 valence electrons. The molecule has 2 N–H and O–H groups in total. The fraction of sp³-hybridized carbons (Fsp3) is 0.467. The Kier molecular flexibility index (Phi) is 3.87. The number of aromatic nitrogens is 2. The second-order valence-corrected chi connectivity index (χ2v) is 6.07. The van der Waals surface area contributed by atoms with Gasteiger partial charge >= 0.3 is 0 Å². The van der Waals surface area contributed by atoms with Crippen molar-refractivity contribution in [3.63, 3.8) is 0 Å². The van der Waals surface area contributed by atoms with Crippen molar-refractivity contribution in [3.8, 4) is 11.1 Å². The van der Waals surface area contributed by atoms with Crippen LogP contribution in [0.2, 0.25) is 0 Å². The van der Waals surface area contributed by atoms with Crippen molar-refractivity contribution in [1.29, 1.82) is 0 Å². The van der Waals surface area contributed by atoms with E-state index in [1.165, 1.54) is 35.8 Å². The summed E-state index contributed by atoms with van der Waals surface area (Å²) in [6, 6.07) is 4.00. The van der Waals surface area contributed by atoms with Gasteiger partial charge in [0.1, 0.15) is 10.8 Å². The molecule has 1 aliphatic carbocycles. The van der Waals surface area contributed by atoms with Crippen LogP contribution in [0.3, 0.4) is 0 Å². The number of nitrogens with two attached hydrogens (primary N) is 1. The first kappa shape index (κ1) is 13.4. The Morgan fingerprint density at radius 3 is 2.70 bits per heavy atom. The Bertz CT molecular complexity index is 563. The molecule has 2 aromatic heterocycles. The highest BCUT2D eigenvalue weighted by molar-refractivity contribution is 7.11. The zero-order valence-electron chi connectivity index (χ0n) is 11.7. The van der Waals surface area contributed by atoms with Gasteiger partial charge in [-0.05, 0) is 54.9 Å². The van der Waals surface area contributed by atoms with E-state index >= 15 is 0 Å². The number of hydrogen-bond acceptors (Lipinski definition) is 5. The smallest absolute Gasteiger partial charge is 0.147 e. The van der Waals surface area contributed by atoms with Crippen LogP contribution >= 0.6 is 11.5 Å². The normalized spacial score (nSPS) is 15.1. The van der Waals surface area contributed by atoms with E-state index in [1.807, 2.05) is 12.1 Å². The Balaban J connectivity index is 1.92. The topological polar surface area (TPSA) is 55.0 Å². The summed E-state index contributed by atoms with van der Waals surface area (Å²) in [4.78, 5) is 6.50. The van der Waals surface area contributed by atoms with Crippen molar-refractivity contribution >= 4 is 22.4 Å². The molecule has 0 unspecified atom stereocenters. The Hall–Kier alpha value is -1.62. The van der Waals surface area contributed by atoms with Gasteiger partial charge in [0.15, 0.2) is 0 Å². The average molecular weight is 288 g/mol. The Morgan fingerprint density at radius 2 is 2.10 bits per heavy atom. The van der Waals surface area contributed by atoms with Crippen LogP contribution in [-0.2, 0) is 0 Å². The molecule has 4 nitrogen and oxygen atoms in total. The molecule has 0 atom stereocenters. The van der Waals surface area contributed by atoms with Gasteiger partial charge in [0, 0.05) is 25.5 Å². The number of nitrogens with zero attached hydrogens (tertiary/aromatic N) is 3. The maximum absolute atomic E-state index is 6.10. The summed E-state index contributed by atoms with van der Waals surface area (Å²) in [6.07, 6.45) is 7.70. The van der Waals surface area contributed by atoms with Crippen molar-refractivity contribution in [3.05, 3.63) is 24.5 Å². The van der Waals surface area contributed by atoms with Gasteiger partial charge < -0.3 is 10.6 Å². The van der Waals surface area contributed by atoms with Crippen molar-refractivity contribution < 1.29 is 0 Å². The predicted octanol–water partition coefficient (Wildman–Crippen LogP) is 3.41. The third-order valence-electron chi connectivity index (χ3n) is 4.04. The minimum Gasteiger partial charge on any atom is -0.382 e. The molecular weight excluding hydrogens is 268 g/mol. The van der Waals surface area contributed by atoms with E-state index < -0.39 is 0 Å².